The average Bonchev–Trinajstić information content (AvgIpc) is 2.43. The highest BCUT2D eigenvalue weighted by Gasteiger charge is 2.01. The van der Waals surface area contributed by atoms with E-state index in [4.69, 9.17) is 0 Å². The summed E-state index contributed by atoms with van der Waals surface area (Å²) < 4.78 is 4.55. The minimum Gasteiger partial charge on any atom is -0.469 e. The third-order valence-corrected chi connectivity index (χ3v) is 2.24. The quantitative estimate of drug-likeness (QED) is 0.345. The first-order valence-corrected chi connectivity index (χ1v) is 5.67. The summed E-state index contributed by atoms with van der Waals surface area (Å²) in [6.07, 6.45) is 2.05. The lowest BCUT2D eigenvalue weighted by molar-refractivity contribution is -0.140. The number of guanidine groups is 1. The number of carbonyl (C=O) groups is 1. The Morgan fingerprint density at radius 2 is 2.21 bits per heavy atom. The molecule has 0 fully saturated rings. The Morgan fingerprint density at radius 3 is 2.79 bits per heavy atom. The largest absolute Gasteiger partial charge is 0.469 e. The molecule has 1 rings (SSSR count). The van der Waals surface area contributed by atoms with E-state index in [1.807, 2.05) is 18.2 Å². The molecule has 0 saturated heterocycles. The molecule has 6 nitrogen and oxygen atoms in total. The summed E-state index contributed by atoms with van der Waals surface area (Å²) in [5, 5.41) is 6.12. The van der Waals surface area contributed by atoms with E-state index >= 15 is 0 Å². The molecule has 0 radical (unpaired) electrons. The van der Waals surface area contributed by atoms with Gasteiger partial charge in [0.1, 0.15) is 0 Å². The summed E-state index contributed by atoms with van der Waals surface area (Å²) in [6.45, 7) is 1.06. The van der Waals surface area contributed by atoms with Gasteiger partial charge < -0.3 is 15.4 Å². The predicted molar refractivity (Wildman–Crippen MR) is 84.5 cm³/mol. The van der Waals surface area contributed by atoms with Crippen LogP contribution in [0.4, 0.5) is 0 Å². The number of esters is 1. The third-order valence-electron chi connectivity index (χ3n) is 2.24. The lowest BCUT2D eigenvalue weighted by Crippen LogP contribution is -2.38. The molecule has 0 aliphatic heterocycles. The highest BCUT2D eigenvalue weighted by Crippen LogP contribution is 1.91. The zero-order chi connectivity index (χ0) is 13.2. The summed E-state index contributed by atoms with van der Waals surface area (Å²) in [7, 11) is 3.04. The fourth-order valence-corrected chi connectivity index (χ4v) is 1.28. The standard InChI is InChI=1S/C12H18N4O2.HI/c1-13-12(15-8-6-11(17)18-2)16-9-10-5-3-4-7-14-10;/h3-5,7H,6,8-9H2,1-2H3,(H2,13,15,16);1H. The van der Waals surface area contributed by atoms with Crippen molar-refractivity contribution in [2.75, 3.05) is 20.7 Å². The van der Waals surface area contributed by atoms with Crippen LogP contribution in [0.1, 0.15) is 12.1 Å². The molecule has 0 saturated carbocycles. The van der Waals surface area contributed by atoms with Crippen molar-refractivity contribution in [2.24, 2.45) is 4.99 Å². The molecule has 106 valence electrons. The summed E-state index contributed by atoms with van der Waals surface area (Å²) in [5.41, 5.74) is 0.924. The normalized spacial score (nSPS) is 10.3. The lowest BCUT2D eigenvalue weighted by atomic mass is 10.3. The number of carbonyl (C=O) groups excluding carboxylic acids is 1. The number of hydrogen-bond donors (Lipinski definition) is 2. The van der Waals surface area contributed by atoms with Crippen molar-refractivity contribution < 1.29 is 9.53 Å². The summed E-state index contributed by atoms with van der Waals surface area (Å²) >= 11 is 0. The molecular weight excluding hydrogens is 359 g/mol. The number of rotatable bonds is 5. The van der Waals surface area contributed by atoms with Gasteiger partial charge in [0.15, 0.2) is 5.96 Å². The number of aromatic nitrogens is 1. The molecule has 0 aliphatic rings. The van der Waals surface area contributed by atoms with Gasteiger partial charge in [-0.1, -0.05) is 6.07 Å². The van der Waals surface area contributed by atoms with Gasteiger partial charge in [0.25, 0.3) is 0 Å². The Morgan fingerprint density at radius 1 is 1.42 bits per heavy atom. The molecule has 0 bridgehead atoms. The number of pyridine rings is 1. The number of methoxy groups -OCH3 is 1. The van der Waals surface area contributed by atoms with Crippen molar-refractivity contribution in [1.82, 2.24) is 15.6 Å². The third kappa shape index (κ3) is 7.60. The number of nitrogens with one attached hydrogen (secondary N) is 2. The Hall–Kier alpha value is -1.38. The van der Waals surface area contributed by atoms with Gasteiger partial charge in [-0.25, -0.2) is 0 Å². The van der Waals surface area contributed by atoms with Gasteiger partial charge in [0.2, 0.25) is 0 Å². The molecule has 0 spiro atoms. The van der Waals surface area contributed by atoms with E-state index in [1.165, 1.54) is 7.11 Å². The first-order chi connectivity index (χ1) is 8.76. The number of aliphatic imine (C=N–C) groups is 1. The Balaban J connectivity index is 0.00000324. The molecular formula is C12H19IN4O2. The topological polar surface area (TPSA) is 75.6 Å². The summed E-state index contributed by atoms with van der Waals surface area (Å²) in [4.78, 5) is 19.2. The van der Waals surface area contributed by atoms with Gasteiger partial charge in [-0.3, -0.25) is 14.8 Å². The Labute approximate surface area is 130 Å². The number of ether oxygens (including phenoxy) is 1. The van der Waals surface area contributed by atoms with Gasteiger partial charge in [-0.15, -0.1) is 24.0 Å². The second-order valence-electron chi connectivity index (χ2n) is 3.50. The Kier molecular flexibility index (Phi) is 9.77. The van der Waals surface area contributed by atoms with Gasteiger partial charge in [0.05, 0.1) is 25.8 Å². The van der Waals surface area contributed by atoms with Gasteiger partial charge in [0, 0.05) is 19.8 Å². The lowest BCUT2D eigenvalue weighted by Gasteiger charge is -2.10. The van der Waals surface area contributed by atoms with Gasteiger partial charge in [-0.2, -0.15) is 0 Å². The van der Waals surface area contributed by atoms with Crippen LogP contribution in [0.25, 0.3) is 0 Å². The first-order valence-electron chi connectivity index (χ1n) is 5.67. The maximum absolute atomic E-state index is 10.9. The van der Waals surface area contributed by atoms with Gasteiger partial charge >= 0.3 is 5.97 Å². The van der Waals surface area contributed by atoms with Crippen molar-refractivity contribution in [3.63, 3.8) is 0 Å². The van der Waals surface area contributed by atoms with Crippen molar-refractivity contribution in [1.29, 1.82) is 0 Å². The van der Waals surface area contributed by atoms with E-state index in [2.05, 4.69) is 25.3 Å². The maximum atomic E-state index is 10.9. The minimum atomic E-state index is -0.248. The van der Waals surface area contributed by atoms with Crippen LogP contribution in [-0.2, 0) is 16.1 Å². The van der Waals surface area contributed by atoms with Crippen LogP contribution in [-0.4, -0.2) is 37.6 Å². The van der Waals surface area contributed by atoms with Crippen LogP contribution in [0.3, 0.4) is 0 Å². The molecule has 1 aromatic rings. The number of hydrogen-bond acceptors (Lipinski definition) is 4. The summed E-state index contributed by atoms with van der Waals surface area (Å²) in [5.74, 6) is 0.382. The van der Waals surface area contributed by atoms with Crippen molar-refractivity contribution >= 4 is 35.9 Å². The van der Waals surface area contributed by atoms with E-state index in [1.54, 1.807) is 13.2 Å². The Bertz CT molecular complexity index is 398. The maximum Gasteiger partial charge on any atom is 0.307 e. The zero-order valence-electron chi connectivity index (χ0n) is 11.0. The molecule has 19 heavy (non-hydrogen) atoms. The predicted octanol–water partition coefficient (Wildman–Crippen LogP) is 0.928. The number of halogens is 1. The highest BCUT2D eigenvalue weighted by molar-refractivity contribution is 14.0. The van der Waals surface area contributed by atoms with Crippen molar-refractivity contribution in [2.45, 2.75) is 13.0 Å². The van der Waals surface area contributed by atoms with Crippen molar-refractivity contribution in [3.8, 4) is 0 Å². The van der Waals surface area contributed by atoms with E-state index < -0.39 is 0 Å². The molecule has 0 aromatic carbocycles. The molecule has 0 aliphatic carbocycles. The molecule has 2 N–H and O–H groups in total. The molecule has 0 amide bonds. The fourth-order valence-electron chi connectivity index (χ4n) is 1.28. The molecule has 0 unspecified atom stereocenters. The van der Waals surface area contributed by atoms with Crippen molar-refractivity contribution in [3.05, 3.63) is 30.1 Å². The van der Waals surface area contributed by atoms with Crippen LogP contribution in [0, 0.1) is 0 Å². The van der Waals surface area contributed by atoms with Crippen LogP contribution in [0.5, 0.6) is 0 Å². The monoisotopic (exact) mass is 378 g/mol. The zero-order valence-corrected chi connectivity index (χ0v) is 13.4. The smallest absolute Gasteiger partial charge is 0.307 e. The van der Waals surface area contributed by atoms with E-state index in [0.29, 0.717) is 25.5 Å². The average molecular weight is 378 g/mol. The summed E-state index contributed by atoms with van der Waals surface area (Å²) in [6, 6.07) is 5.72. The molecule has 1 aromatic heterocycles. The number of nitrogens with zero attached hydrogens (tertiary/aromatic N) is 2. The SMILES string of the molecule is CN=C(NCCC(=O)OC)NCc1ccccn1.I. The van der Waals surface area contributed by atoms with E-state index in [9.17, 15) is 4.79 Å². The molecule has 1 heterocycles. The first kappa shape index (κ1) is 17.6. The fraction of sp³-hybridized carbons (Fsp3) is 0.417. The van der Waals surface area contributed by atoms with E-state index in [0.717, 1.165) is 5.69 Å². The van der Waals surface area contributed by atoms with Crippen LogP contribution < -0.4 is 10.6 Å². The van der Waals surface area contributed by atoms with Crippen LogP contribution in [0.15, 0.2) is 29.4 Å². The molecule has 7 heteroatoms. The second-order valence-corrected chi connectivity index (χ2v) is 3.50. The van der Waals surface area contributed by atoms with Crippen LogP contribution in [0.2, 0.25) is 0 Å². The molecule has 0 atom stereocenters. The highest BCUT2D eigenvalue weighted by atomic mass is 127. The minimum absolute atomic E-state index is 0. The van der Waals surface area contributed by atoms with Gasteiger partial charge in [-0.05, 0) is 12.1 Å². The van der Waals surface area contributed by atoms with E-state index in [-0.39, 0.29) is 29.9 Å². The second kappa shape index (κ2) is 10.5. The van der Waals surface area contributed by atoms with Crippen LogP contribution >= 0.6 is 24.0 Å².